The van der Waals surface area contributed by atoms with E-state index in [2.05, 4.69) is 5.32 Å². The van der Waals surface area contributed by atoms with Crippen LogP contribution in [-0.2, 0) is 20.7 Å². The molecule has 0 bridgehead atoms. The van der Waals surface area contributed by atoms with E-state index in [1.807, 2.05) is 0 Å². The first kappa shape index (κ1) is 17.0. The van der Waals surface area contributed by atoms with E-state index in [9.17, 15) is 19.8 Å². The molecule has 0 aliphatic rings. The van der Waals surface area contributed by atoms with Gasteiger partial charge in [-0.05, 0) is 31.5 Å². The number of phenolic OH excluding ortho intramolecular Hbond substituents is 1. The molecule has 1 aromatic carbocycles. The first-order valence-corrected chi connectivity index (χ1v) is 6.59. The van der Waals surface area contributed by atoms with Crippen molar-refractivity contribution in [3.63, 3.8) is 0 Å². The van der Waals surface area contributed by atoms with E-state index < -0.39 is 17.6 Å². The van der Waals surface area contributed by atoms with Gasteiger partial charge in [0.15, 0.2) is 0 Å². The third-order valence-corrected chi connectivity index (χ3v) is 3.15. The fourth-order valence-electron chi connectivity index (χ4n) is 1.77. The van der Waals surface area contributed by atoms with Crippen molar-refractivity contribution in [3.05, 3.63) is 29.8 Å². The van der Waals surface area contributed by atoms with Gasteiger partial charge in [-0.2, -0.15) is 0 Å². The van der Waals surface area contributed by atoms with Gasteiger partial charge in [0.2, 0.25) is 5.91 Å². The first-order valence-electron chi connectivity index (χ1n) is 6.59. The lowest BCUT2D eigenvalue weighted by Gasteiger charge is -2.23. The maximum atomic E-state index is 11.9. The predicted octanol–water partition coefficient (Wildman–Crippen LogP) is 1.32. The number of nitrogens with one attached hydrogen (secondary N) is 1. The SMILES string of the molecule is COC(C)(C)CC(=O)N[C@H](Cc1ccc(O)cc1)C(=O)O. The Labute approximate surface area is 123 Å². The molecule has 6 heteroatoms. The Kier molecular flexibility index (Phi) is 5.72. The summed E-state index contributed by atoms with van der Waals surface area (Å²) in [5.41, 5.74) is 0.0672. The number of benzene rings is 1. The maximum Gasteiger partial charge on any atom is 0.326 e. The molecule has 0 heterocycles. The van der Waals surface area contributed by atoms with Crippen LogP contribution < -0.4 is 5.32 Å². The topological polar surface area (TPSA) is 95.9 Å². The molecule has 0 radical (unpaired) electrons. The van der Waals surface area contributed by atoms with Crippen molar-refractivity contribution < 1.29 is 24.5 Å². The Morgan fingerprint density at radius 3 is 2.33 bits per heavy atom. The van der Waals surface area contributed by atoms with E-state index in [-0.39, 0.29) is 24.5 Å². The molecule has 0 fully saturated rings. The molecule has 0 aliphatic carbocycles. The van der Waals surface area contributed by atoms with Gasteiger partial charge < -0.3 is 20.3 Å². The highest BCUT2D eigenvalue weighted by Crippen LogP contribution is 2.14. The number of methoxy groups -OCH3 is 1. The Morgan fingerprint density at radius 2 is 1.86 bits per heavy atom. The number of carboxylic acid groups (broad SMARTS) is 1. The monoisotopic (exact) mass is 295 g/mol. The molecular formula is C15H21NO5. The number of rotatable bonds is 7. The van der Waals surface area contributed by atoms with Crippen molar-refractivity contribution in [2.24, 2.45) is 0 Å². The lowest BCUT2D eigenvalue weighted by molar-refractivity contribution is -0.142. The minimum absolute atomic E-state index is 0.0723. The van der Waals surface area contributed by atoms with Crippen LogP contribution in [0.1, 0.15) is 25.8 Å². The van der Waals surface area contributed by atoms with E-state index in [1.54, 1.807) is 26.0 Å². The molecule has 0 saturated heterocycles. The predicted molar refractivity (Wildman–Crippen MR) is 77.1 cm³/mol. The largest absolute Gasteiger partial charge is 0.508 e. The summed E-state index contributed by atoms with van der Waals surface area (Å²) in [7, 11) is 1.50. The molecular weight excluding hydrogens is 274 g/mol. The summed E-state index contributed by atoms with van der Waals surface area (Å²) in [6.45, 7) is 3.50. The van der Waals surface area contributed by atoms with Gasteiger partial charge in [-0.1, -0.05) is 12.1 Å². The molecule has 1 aromatic rings. The van der Waals surface area contributed by atoms with Gasteiger partial charge in [-0.15, -0.1) is 0 Å². The van der Waals surface area contributed by atoms with Crippen molar-refractivity contribution >= 4 is 11.9 Å². The number of amides is 1. The number of carboxylic acids is 1. The third-order valence-electron chi connectivity index (χ3n) is 3.15. The van der Waals surface area contributed by atoms with Crippen molar-refractivity contribution in [1.29, 1.82) is 0 Å². The summed E-state index contributed by atoms with van der Waals surface area (Å²) in [4.78, 5) is 23.1. The van der Waals surface area contributed by atoms with Crippen LogP contribution in [0.5, 0.6) is 5.75 Å². The first-order chi connectivity index (χ1) is 9.73. The van der Waals surface area contributed by atoms with Crippen LogP contribution in [0, 0.1) is 0 Å². The average molecular weight is 295 g/mol. The number of hydrogen-bond donors (Lipinski definition) is 3. The number of carbonyl (C=O) groups is 2. The Balaban J connectivity index is 2.68. The summed E-state index contributed by atoms with van der Waals surface area (Å²) < 4.78 is 5.15. The molecule has 1 rings (SSSR count). The highest BCUT2D eigenvalue weighted by Gasteiger charge is 2.25. The number of hydrogen-bond acceptors (Lipinski definition) is 4. The maximum absolute atomic E-state index is 11.9. The van der Waals surface area contributed by atoms with Crippen LogP contribution in [0.4, 0.5) is 0 Å². The van der Waals surface area contributed by atoms with E-state index in [1.165, 1.54) is 19.2 Å². The molecule has 1 amide bonds. The van der Waals surface area contributed by atoms with Crippen LogP contribution in [-0.4, -0.2) is 40.8 Å². The van der Waals surface area contributed by atoms with Gasteiger partial charge in [-0.25, -0.2) is 4.79 Å². The van der Waals surface area contributed by atoms with Crippen molar-refractivity contribution in [2.45, 2.75) is 38.3 Å². The zero-order valence-corrected chi connectivity index (χ0v) is 12.4. The van der Waals surface area contributed by atoms with Crippen LogP contribution in [0.25, 0.3) is 0 Å². The van der Waals surface area contributed by atoms with Crippen molar-refractivity contribution in [3.8, 4) is 5.75 Å². The van der Waals surface area contributed by atoms with Crippen LogP contribution >= 0.6 is 0 Å². The molecule has 0 saturated carbocycles. The summed E-state index contributed by atoms with van der Waals surface area (Å²) in [6.07, 6.45) is 0.220. The lowest BCUT2D eigenvalue weighted by atomic mass is 10.0. The quantitative estimate of drug-likeness (QED) is 0.705. The molecule has 0 aromatic heterocycles. The highest BCUT2D eigenvalue weighted by molar-refractivity contribution is 5.84. The summed E-state index contributed by atoms with van der Waals surface area (Å²) in [6, 6.07) is 5.18. The molecule has 116 valence electrons. The van der Waals surface area contributed by atoms with Gasteiger partial charge in [0, 0.05) is 13.5 Å². The summed E-state index contributed by atoms with van der Waals surface area (Å²) >= 11 is 0. The van der Waals surface area contributed by atoms with E-state index >= 15 is 0 Å². The summed E-state index contributed by atoms with van der Waals surface area (Å²) in [5.74, 6) is -1.38. The Bertz CT molecular complexity index is 495. The van der Waals surface area contributed by atoms with Gasteiger partial charge in [0.25, 0.3) is 0 Å². The smallest absolute Gasteiger partial charge is 0.326 e. The molecule has 0 spiro atoms. The molecule has 6 nitrogen and oxygen atoms in total. The van der Waals surface area contributed by atoms with Crippen molar-refractivity contribution in [1.82, 2.24) is 5.32 Å². The minimum atomic E-state index is -1.10. The number of phenols is 1. The molecule has 3 N–H and O–H groups in total. The van der Waals surface area contributed by atoms with E-state index in [0.717, 1.165) is 0 Å². The van der Waals surface area contributed by atoms with Gasteiger partial charge in [0.1, 0.15) is 11.8 Å². The zero-order valence-electron chi connectivity index (χ0n) is 12.4. The number of aliphatic carboxylic acids is 1. The van der Waals surface area contributed by atoms with Crippen molar-refractivity contribution in [2.75, 3.05) is 7.11 Å². The van der Waals surface area contributed by atoms with E-state index in [4.69, 9.17) is 4.74 Å². The van der Waals surface area contributed by atoms with Gasteiger partial charge >= 0.3 is 5.97 Å². The molecule has 0 aliphatic heterocycles. The molecule has 21 heavy (non-hydrogen) atoms. The second kappa shape index (κ2) is 7.08. The average Bonchev–Trinajstić information content (AvgIpc) is 2.39. The van der Waals surface area contributed by atoms with Crippen LogP contribution in [0.15, 0.2) is 24.3 Å². The fourth-order valence-corrected chi connectivity index (χ4v) is 1.77. The number of aromatic hydroxyl groups is 1. The second-order valence-electron chi connectivity index (χ2n) is 5.47. The Hall–Kier alpha value is -2.08. The number of ether oxygens (including phenoxy) is 1. The zero-order chi connectivity index (χ0) is 16.0. The fraction of sp³-hybridized carbons (Fsp3) is 0.467. The van der Waals surface area contributed by atoms with Crippen LogP contribution in [0.2, 0.25) is 0 Å². The van der Waals surface area contributed by atoms with Gasteiger partial charge in [-0.3, -0.25) is 4.79 Å². The van der Waals surface area contributed by atoms with Gasteiger partial charge in [0.05, 0.1) is 12.0 Å². The second-order valence-corrected chi connectivity index (χ2v) is 5.47. The summed E-state index contributed by atoms with van der Waals surface area (Å²) in [5, 5.41) is 20.9. The molecule has 1 atom stereocenters. The lowest BCUT2D eigenvalue weighted by Crippen LogP contribution is -2.44. The minimum Gasteiger partial charge on any atom is -0.508 e. The number of carbonyl (C=O) groups excluding carboxylic acids is 1. The standard InChI is InChI=1S/C15H21NO5/c1-15(2,21-3)9-13(18)16-12(14(19)20)8-10-4-6-11(17)7-5-10/h4-7,12,17H,8-9H2,1-3H3,(H,16,18)(H,19,20)/t12-/m1/s1. The van der Waals surface area contributed by atoms with Crippen LogP contribution in [0.3, 0.4) is 0 Å². The Morgan fingerprint density at radius 1 is 1.29 bits per heavy atom. The highest BCUT2D eigenvalue weighted by atomic mass is 16.5. The third kappa shape index (κ3) is 5.83. The molecule has 0 unspecified atom stereocenters. The van der Waals surface area contributed by atoms with E-state index in [0.29, 0.717) is 5.56 Å². The normalized spacial score (nSPS) is 12.7.